The SMILES string of the molecule is C=C(COCCCCC(F)(F)C(F)(F)S(=O)(=O)O)C(=O)OC(C1CCC(C(O)(C(F)(F)F)C(F)(F)F)CC1)(C(F)(F)F)C(F)(F)F. The molecule has 1 rings (SSSR count). The quantitative estimate of drug-likeness (QED) is 0.0696. The highest BCUT2D eigenvalue weighted by Crippen LogP contribution is 2.58. The Hall–Kier alpha value is -2.08. The number of unbranched alkanes of at least 4 members (excludes halogenated alkanes) is 1. The third-order valence-corrected chi connectivity index (χ3v) is 8.14. The van der Waals surface area contributed by atoms with Crippen LogP contribution in [-0.2, 0) is 24.4 Å². The van der Waals surface area contributed by atoms with Crippen molar-refractivity contribution in [3.05, 3.63) is 12.2 Å². The maximum absolute atomic E-state index is 14.0. The van der Waals surface area contributed by atoms with Crippen molar-refractivity contribution in [2.45, 2.75) is 92.0 Å². The zero-order chi connectivity index (χ0) is 36.6. The number of esters is 1. The zero-order valence-electron chi connectivity index (χ0n) is 22.6. The first-order valence-electron chi connectivity index (χ1n) is 12.4. The second-order valence-electron chi connectivity index (χ2n) is 10.2. The molecule has 0 aromatic rings. The summed E-state index contributed by atoms with van der Waals surface area (Å²) in [5.74, 6) is -13.7. The van der Waals surface area contributed by atoms with E-state index in [9.17, 15) is 88.6 Å². The van der Waals surface area contributed by atoms with Crippen LogP contribution in [-0.4, -0.2) is 84.3 Å². The van der Waals surface area contributed by atoms with Gasteiger partial charge in [0.25, 0.3) is 5.60 Å². The Kier molecular flexibility index (Phi) is 12.3. The summed E-state index contributed by atoms with van der Waals surface area (Å²) in [7, 11) is -6.53. The summed E-state index contributed by atoms with van der Waals surface area (Å²) in [6.07, 6.45) is -36.2. The fraction of sp³-hybridized carbons (Fsp3) is 0.864. The van der Waals surface area contributed by atoms with Gasteiger partial charge < -0.3 is 14.6 Å². The Morgan fingerprint density at radius 2 is 1.13 bits per heavy atom. The molecule has 46 heavy (non-hydrogen) atoms. The molecule has 0 saturated heterocycles. The van der Waals surface area contributed by atoms with Crippen molar-refractivity contribution >= 4 is 16.1 Å². The third-order valence-electron chi connectivity index (χ3n) is 7.20. The van der Waals surface area contributed by atoms with Crippen LogP contribution in [0.15, 0.2) is 12.2 Å². The van der Waals surface area contributed by atoms with Crippen molar-refractivity contribution in [3.63, 3.8) is 0 Å². The molecule has 0 aromatic heterocycles. The van der Waals surface area contributed by atoms with Crippen LogP contribution in [0, 0.1) is 11.8 Å². The Morgan fingerprint density at radius 1 is 0.717 bits per heavy atom. The lowest BCUT2D eigenvalue weighted by atomic mass is 9.67. The Labute approximate surface area is 248 Å². The molecule has 7 nitrogen and oxygen atoms in total. The van der Waals surface area contributed by atoms with Gasteiger partial charge in [-0.3, -0.25) is 4.55 Å². The number of halogens is 16. The Bertz CT molecular complexity index is 1150. The van der Waals surface area contributed by atoms with Crippen LogP contribution in [0.25, 0.3) is 0 Å². The summed E-state index contributed by atoms with van der Waals surface area (Å²) < 4.78 is 254. The van der Waals surface area contributed by atoms with Gasteiger partial charge in [-0.1, -0.05) is 6.58 Å². The predicted octanol–water partition coefficient (Wildman–Crippen LogP) is 6.91. The fourth-order valence-electron chi connectivity index (χ4n) is 4.72. The van der Waals surface area contributed by atoms with E-state index in [1.54, 1.807) is 0 Å². The van der Waals surface area contributed by atoms with E-state index in [2.05, 4.69) is 16.1 Å². The van der Waals surface area contributed by atoms with Gasteiger partial charge in [0.05, 0.1) is 12.2 Å². The summed E-state index contributed by atoms with van der Waals surface area (Å²) in [5, 5.41) is 3.58. The van der Waals surface area contributed by atoms with Crippen LogP contribution in [0.3, 0.4) is 0 Å². The van der Waals surface area contributed by atoms with E-state index in [-0.39, 0.29) is 0 Å². The summed E-state index contributed by atoms with van der Waals surface area (Å²) >= 11 is 0. The second kappa shape index (κ2) is 13.4. The average Bonchev–Trinajstić information content (AvgIpc) is 2.84. The lowest BCUT2D eigenvalue weighted by molar-refractivity contribution is -0.398. The molecule has 0 heterocycles. The van der Waals surface area contributed by atoms with Crippen molar-refractivity contribution in [3.8, 4) is 0 Å². The van der Waals surface area contributed by atoms with E-state index >= 15 is 0 Å². The van der Waals surface area contributed by atoms with Crippen molar-refractivity contribution in [1.29, 1.82) is 0 Å². The van der Waals surface area contributed by atoms with Crippen molar-refractivity contribution in [2.24, 2.45) is 11.8 Å². The highest BCUT2D eigenvalue weighted by molar-refractivity contribution is 7.87. The molecule has 0 spiro atoms. The monoisotopic (exact) mass is 736 g/mol. The van der Waals surface area contributed by atoms with E-state index < -0.39 is 139 Å². The number of rotatable bonds is 13. The molecule has 0 aromatic carbocycles. The smallest absolute Gasteiger partial charge is 0.436 e. The summed E-state index contributed by atoms with van der Waals surface area (Å²) in [5.41, 5.74) is -12.3. The molecule has 2 N–H and O–H groups in total. The lowest BCUT2D eigenvalue weighted by Gasteiger charge is -2.47. The normalized spacial score (nSPS) is 20.0. The largest absolute Gasteiger partial charge is 0.437 e. The molecular formula is C22H24F16O7S. The van der Waals surface area contributed by atoms with Gasteiger partial charge in [-0.25, -0.2) is 4.79 Å². The first kappa shape index (κ1) is 41.9. The van der Waals surface area contributed by atoms with Crippen molar-refractivity contribution in [2.75, 3.05) is 13.2 Å². The molecule has 272 valence electrons. The number of aliphatic hydroxyl groups is 1. The topological polar surface area (TPSA) is 110 Å². The zero-order valence-corrected chi connectivity index (χ0v) is 23.4. The lowest BCUT2D eigenvalue weighted by Crippen LogP contribution is -2.66. The molecule has 1 aliphatic rings. The average molecular weight is 736 g/mol. The first-order valence-corrected chi connectivity index (χ1v) is 13.9. The predicted molar refractivity (Wildman–Crippen MR) is 119 cm³/mol. The molecule has 1 fully saturated rings. The molecule has 0 radical (unpaired) electrons. The molecule has 24 heteroatoms. The van der Waals surface area contributed by atoms with E-state index in [0.717, 1.165) is 0 Å². The minimum atomic E-state index is -6.57. The number of carbonyl (C=O) groups excluding carboxylic acids is 1. The molecule has 1 saturated carbocycles. The number of hydrogen-bond donors (Lipinski definition) is 2. The van der Waals surface area contributed by atoms with E-state index in [1.807, 2.05) is 0 Å². The maximum atomic E-state index is 14.0. The maximum Gasteiger partial charge on any atom is 0.437 e. The Morgan fingerprint density at radius 3 is 1.50 bits per heavy atom. The standard InChI is InChI=1S/C22H24F16O7S/c1-11(10-44-9-3-2-8-15(23,24)22(37,38)46(41,42)43)14(39)45-17(20(31,32)33,21(34,35)36)13-6-4-12(5-7-13)16(40,18(25,26)27)19(28,29)30/h12-13,40H,1-10H2,(H,41,42,43). The first-order chi connectivity index (χ1) is 20.2. The van der Waals surface area contributed by atoms with Gasteiger partial charge in [0.15, 0.2) is 0 Å². The van der Waals surface area contributed by atoms with Crippen LogP contribution in [0.4, 0.5) is 70.2 Å². The number of ether oxygens (including phenoxy) is 2. The van der Waals surface area contributed by atoms with Gasteiger partial charge in [-0.15, -0.1) is 0 Å². The van der Waals surface area contributed by atoms with Crippen LogP contribution in [0.5, 0.6) is 0 Å². The van der Waals surface area contributed by atoms with Gasteiger partial charge in [-0.2, -0.15) is 78.7 Å². The van der Waals surface area contributed by atoms with Crippen LogP contribution in [0.2, 0.25) is 0 Å². The minimum Gasteiger partial charge on any atom is -0.436 e. The molecule has 0 amide bonds. The summed E-state index contributed by atoms with van der Waals surface area (Å²) in [6, 6.07) is 0. The number of hydrogen-bond acceptors (Lipinski definition) is 6. The molecule has 0 atom stereocenters. The fourth-order valence-corrected chi connectivity index (χ4v) is 5.20. The van der Waals surface area contributed by atoms with Crippen molar-refractivity contribution in [1.82, 2.24) is 0 Å². The Balaban J connectivity index is 3.03. The highest BCUT2D eigenvalue weighted by Gasteiger charge is 2.79. The molecule has 1 aliphatic carbocycles. The number of carbonyl (C=O) groups is 1. The molecule has 0 unspecified atom stereocenters. The minimum absolute atomic E-state index is 0.653. The van der Waals surface area contributed by atoms with Gasteiger partial charge in [-0.05, 0) is 38.5 Å². The van der Waals surface area contributed by atoms with E-state index in [1.165, 1.54) is 0 Å². The van der Waals surface area contributed by atoms with Crippen LogP contribution < -0.4 is 0 Å². The third kappa shape index (κ3) is 8.13. The molecule has 0 aliphatic heterocycles. The highest BCUT2D eigenvalue weighted by atomic mass is 32.2. The number of alkyl halides is 16. The summed E-state index contributed by atoms with van der Waals surface area (Å²) in [4.78, 5) is 12.2. The van der Waals surface area contributed by atoms with Gasteiger partial charge in [0.1, 0.15) is 0 Å². The van der Waals surface area contributed by atoms with Gasteiger partial charge in [0, 0.05) is 24.9 Å². The van der Waals surface area contributed by atoms with Crippen LogP contribution in [0.1, 0.15) is 44.9 Å². The molecular weight excluding hydrogens is 712 g/mol. The van der Waals surface area contributed by atoms with E-state index in [0.29, 0.717) is 0 Å². The van der Waals surface area contributed by atoms with Gasteiger partial charge >= 0.3 is 57.6 Å². The van der Waals surface area contributed by atoms with Gasteiger partial charge in [0.2, 0.25) is 0 Å². The van der Waals surface area contributed by atoms with E-state index in [4.69, 9.17) is 4.55 Å². The summed E-state index contributed by atoms with van der Waals surface area (Å²) in [6.45, 7) is 0.756. The second-order valence-corrected chi connectivity index (χ2v) is 11.7. The van der Waals surface area contributed by atoms with Crippen molar-refractivity contribution < 1.29 is 103 Å². The van der Waals surface area contributed by atoms with Crippen LogP contribution >= 0.6 is 0 Å². The molecule has 0 bridgehead atoms.